The lowest BCUT2D eigenvalue weighted by Gasteiger charge is -2.39. The van der Waals surface area contributed by atoms with Crippen molar-refractivity contribution in [1.29, 1.82) is 0 Å². The molecule has 5 N–H and O–H groups in total. The Hall–Kier alpha value is -4.39. The highest BCUT2D eigenvalue weighted by Crippen LogP contribution is 2.44. The smallest absolute Gasteiger partial charge is 0.322 e. The number of Topliss-reactive ketones (excluding diaryl/α,β-unsaturated/α-hetero) is 1. The van der Waals surface area contributed by atoms with E-state index in [0.717, 1.165) is 12.8 Å². The van der Waals surface area contributed by atoms with Gasteiger partial charge in [0.1, 0.15) is 12.4 Å². The maximum absolute atomic E-state index is 12.8. The zero-order chi connectivity index (χ0) is 27.6. The first-order chi connectivity index (χ1) is 18.6. The lowest BCUT2D eigenvalue weighted by atomic mass is 9.85. The van der Waals surface area contributed by atoms with E-state index in [0.29, 0.717) is 46.6 Å². The number of carbonyl (C=O) groups is 4. The van der Waals surface area contributed by atoms with E-state index < -0.39 is 24.1 Å². The molecule has 6 rings (SSSR count). The molecule has 3 aliphatic heterocycles. The van der Waals surface area contributed by atoms with Crippen molar-refractivity contribution in [3.05, 3.63) is 41.5 Å². The minimum absolute atomic E-state index is 0.0248. The van der Waals surface area contributed by atoms with Gasteiger partial charge in [0.25, 0.3) is 5.91 Å². The quantitative estimate of drug-likeness (QED) is 0.273. The van der Waals surface area contributed by atoms with Gasteiger partial charge in [-0.15, -0.1) is 0 Å². The number of fused-ring (bicyclic) bond motifs is 3. The molecule has 202 valence electrons. The molecule has 3 aliphatic rings. The molecule has 4 amide bonds. The van der Waals surface area contributed by atoms with Gasteiger partial charge in [0.2, 0.25) is 5.91 Å². The van der Waals surface area contributed by atoms with Crippen LogP contribution in [0.15, 0.2) is 24.5 Å². The summed E-state index contributed by atoms with van der Waals surface area (Å²) >= 11 is 0. The third-order valence-corrected chi connectivity index (χ3v) is 8.24. The van der Waals surface area contributed by atoms with Gasteiger partial charge in [0.05, 0.1) is 23.1 Å². The van der Waals surface area contributed by atoms with Gasteiger partial charge in [0, 0.05) is 35.3 Å². The molecule has 39 heavy (non-hydrogen) atoms. The molecule has 13 heteroatoms. The zero-order valence-electron chi connectivity index (χ0n) is 21.5. The number of imide groups is 1. The van der Waals surface area contributed by atoms with Crippen LogP contribution in [-0.4, -0.2) is 71.9 Å². The average molecular weight is 533 g/mol. The lowest BCUT2D eigenvalue weighted by molar-refractivity contribution is -0.138. The second-order valence-corrected chi connectivity index (χ2v) is 10.6. The number of aliphatic hydroxyl groups is 1. The predicted molar refractivity (Wildman–Crippen MR) is 137 cm³/mol. The summed E-state index contributed by atoms with van der Waals surface area (Å²) in [6.45, 7) is 2.51. The Morgan fingerprint density at radius 3 is 2.46 bits per heavy atom. The highest BCUT2D eigenvalue weighted by molar-refractivity contribution is 6.07. The number of rotatable bonds is 5. The maximum Gasteiger partial charge on any atom is 0.322 e. The number of nitrogens with two attached hydrogens (primary N) is 1. The Balaban J connectivity index is 1.40. The van der Waals surface area contributed by atoms with Gasteiger partial charge in [-0.2, -0.15) is 9.61 Å². The van der Waals surface area contributed by atoms with Gasteiger partial charge in [-0.25, -0.2) is 9.78 Å². The van der Waals surface area contributed by atoms with Gasteiger partial charge >= 0.3 is 6.03 Å². The Kier molecular flexibility index (Phi) is 5.64. The van der Waals surface area contributed by atoms with E-state index in [9.17, 15) is 24.3 Å². The van der Waals surface area contributed by atoms with Gasteiger partial charge in [-0.05, 0) is 45.6 Å². The zero-order valence-corrected chi connectivity index (χ0v) is 21.5. The number of hydrogen-bond acceptors (Lipinski definition) is 9. The number of aromatic nitrogens is 4. The van der Waals surface area contributed by atoms with Gasteiger partial charge in [-0.1, -0.05) is 6.07 Å². The molecule has 2 bridgehead atoms. The maximum atomic E-state index is 12.8. The number of piperidine rings is 1. The van der Waals surface area contributed by atoms with Gasteiger partial charge in [-0.3, -0.25) is 24.7 Å². The number of ketones is 1. The van der Waals surface area contributed by atoms with E-state index in [1.807, 2.05) is 0 Å². The number of pyridine rings is 1. The van der Waals surface area contributed by atoms with Crippen molar-refractivity contribution in [2.24, 2.45) is 0 Å². The molecule has 3 aromatic heterocycles. The van der Waals surface area contributed by atoms with Crippen molar-refractivity contribution in [1.82, 2.24) is 35.1 Å². The molecular weight excluding hydrogens is 504 g/mol. The van der Waals surface area contributed by atoms with Crippen molar-refractivity contribution in [3.63, 3.8) is 0 Å². The van der Waals surface area contributed by atoms with Crippen molar-refractivity contribution < 1.29 is 24.3 Å². The number of nitrogens with zero attached hydrogens (tertiary/aromatic N) is 5. The second kappa shape index (κ2) is 8.83. The highest BCUT2D eigenvalue weighted by atomic mass is 16.3. The van der Waals surface area contributed by atoms with Crippen LogP contribution < -0.4 is 16.4 Å². The van der Waals surface area contributed by atoms with Crippen LogP contribution in [0.1, 0.15) is 67.2 Å². The number of hydrogen-bond donors (Lipinski definition) is 4. The first-order valence-corrected chi connectivity index (χ1v) is 12.8. The molecule has 3 saturated heterocycles. The Bertz CT molecular complexity index is 1540. The fourth-order valence-corrected chi connectivity index (χ4v) is 6.35. The monoisotopic (exact) mass is 532 g/mol. The topological polar surface area (TPSA) is 185 Å². The Labute approximate surface area is 222 Å². The summed E-state index contributed by atoms with van der Waals surface area (Å²) in [6.07, 6.45) is 6.10. The van der Waals surface area contributed by atoms with Crippen LogP contribution in [0.4, 0.5) is 10.6 Å². The Morgan fingerprint density at radius 1 is 1.18 bits per heavy atom. The Morgan fingerprint density at radius 2 is 1.90 bits per heavy atom. The third kappa shape index (κ3) is 3.75. The second-order valence-electron chi connectivity index (χ2n) is 10.6. The normalized spacial score (nSPS) is 26.1. The molecule has 0 aliphatic carbocycles. The molecule has 0 radical (unpaired) electrons. The summed E-state index contributed by atoms with van der Waals surface area (Å²) < 4.78 is 1.44. The molecule has 0 aromatic carbocycles. The standard InChI is InChI=1S/C26H28N8O5/c1-12(36)20-21(14-7-15-4-5-16(8-14)33(15)19(37)11-35)30-23-17(10-29-34(23)22(20)27)13-3-6-18(28-9-13)26(2)24(38)31-25(39)32-26/h3,6,9-10,14-16,35H,4-5,7-8,11,27H2,1-2H3,(H2,31,32,38,39)/t14-,15+,16-,26?. The largest absolute Gasteiger partial charge is 0.387 e. The van der Waals surface area contributed by atoms with E-state index in [4.69, 9.17) is 10.7 Å². The fraction of sp³-hybridized carbons (Fsp3) is 0.423. The third-order valence-electron chi connectivity index (χ3n) is 8.24. The van der Waals surface area contributed by atoms with Crippen LogP contribution in [0.5, 0.6) is 0 Å². The molecule has 3 aromatic rings. The van der Waals surface area contributed by atoms with E-state index in [1.165, 1.54) is 11.4 Å². The molecule has 3 fully saturated rings. The molecule has 4 atom stereocenters. The van der Waals surface area contributed by atoms with Gasteiger partial charge in [0.15, 0.2) is 17.0 Å². The fourth-order valence-electron chi connectivity index (χ4n) is 6.35. The number of carbonyl (C=O) groups excluding carboxylic acids is 4. The minimum Gasteiger partial charge on any atom is -0.387 e. The summed E-state index contributed by atoms with van der Waals surface area (Å²) in [5.41, 5.74) is 8.26. The number of nitrogens with one attached hydrogen (secondary N) is 2. The highest BCUT2D eigenvalue weighted by Gasteiger charge is 2.46. The van der Waals surface area contributed by atoms with Crippen molar-refractivity contribution in [2.45, 2.75) is 63.1 Å². The minimum atomic E-state index is -1.28. The van der Waals surface area contributed by atoms with Crippen LogP contribution in [0.3, 0.4) is 0 Å². The van der Waals surface area contributed by atoms with Crippen LogP contribution in [-0.2, 0) is 15.1 Å². The lowest BCUT2D eigenvalue weighted by Crippen LogP contribution is -2.47. The van der Waals surface area contributed by atoms with Crippen LogP contribution in [0, 0.1) is 0 Å². The van der Waals surface area contributed by atoms with E-state index >= 15 is 0 Å². The van der Waals surface area contributed by atoms with E-state index in [-0.39, 0.29) is 35.5 Å². The summed E-state index contributed by atoms with van der Waals surface area (Å²) in [5.74, 6) is -0.874. The number of nitrogen functional groups attached to an aromatic ring is 1. The average Bonchev–Trinajstić information content (AvgIpc) is 3.54. The van der Waals surface area contributed by atoms with Gasteiger partial charge < -0.3 is 21.1 Å². The van der Waals surface area contributed by atoms with Crippen LogP contribution in [0.2, 0.25) is 0 Å². The first-order valence-electron chi connectivity index (χ1n) is 12.8. The number of aliphatic hydroxyl groups excluding tert-OH is 1. The van der Waals surface area contributed by atoms with E-state index in [1.54, 1.807) is 36.4 Å². The van der Waals surface area contributed by atoms with Crippen molar-refractivity contribution >= 4 is 35.1 Å². The molecule has 6 heterocycles. The number of amides is 4. The SMILES string of the molecule is CC(=O)c1c([C@H]2C[C@H]3CC[C@@H](C2)N3C(=O)CO)nc2c(-c3ccc(C4(C)NC(=O)NC4=O)nc3)cnn2c1N. The number of urea groups is 1. The predicted octanol–water partition coefficient (Wildman–Crippen LogP) is 0.860. The van der Waals surface area contributed by atoms with Crippen molar-refractivity contribution in [2.75, 3.05) is 12.3 Å². The van der Waals surface area contributed by atoms with Crippen LogP contribution >= 0.6 is 0 Å². The molecule has 1 unspecified atom stereocenters. The number of anilines is 1. The van der Waals surface area contributed by atoms with Crippen molar-refractivity contribution in [3.8, 4) is 11.1 Å². The summed E-state index contributed by atoms with van der Waals surface area (Å²) in [7, 11) is 0. The molecule has 0 spiro atoms. The molecule has 0 saturated carbocycles. The summed E-state index contributed by atoms with van der Waals surface area (Å²) in [4.78, 5) is 60.2. The first kappa shape index (κ1) is 24.9. The summed E-state index contributed by atoms with van der Waals surface area (Å²) in [6, 6.07) is 2.79. The summed E-state index contributed by atoms with van der Waals surface area (Å²) in [5, 5.41) is 18.6. The molecule has 13 nitrogen and oxygen atoms in total. The van der Waals surface area contributed by atoms with Crippen LogP contribution in [0.25, 0.3) is 16.8 Å². The van der Waals surface area contributed by atoms with E-state index in [2.05, 4.69) is 20.7 Å². The molecular formula is C26H28N8O5.